The zero-order chi connectivity index (χ0) is 19.8. The summed E-state index contributed by atoms with van der Waals surface area (Å²) in [5.74, 6) is 0.722. The van der Waals surface area contributed by atoms with Crippen LogP contribution in [-0.2, 0) is 11.2 Å². The van der Waals surface area contributed by atoms with Crippen molar-refractivity contribution < 1.29 is 9.59 Å². The van der Waals surface area contributed by atoms with Crippen molar-refractivity contribution in [3.63, 3.8) is 0 Å². The summed E-state index contributed by atoms with van der Waals surface area (Å²) in [6.07, 6.45) is 8.17. The Morgan fingerprint density at radius 2 is 1.96 bits per heavy atom. The number of ketones is 1. The van der Waals surface area contributed by atoms with Crippen molar-refractivity contribution in [2.75, 3.05) is 5.32 Å². The molecule has 1 aliphatic carbocycles. The van der Waals surface area contributed by atoms with Crippen molar-refractivity contribution in [1.82, 2.24) is 15.5 Å². The van der Waals surface area contributed by atoms with Gasteiger partial charge in [0.1, 0.15) is 0 Å². The Morgan fingerprint density at radius 1 is 1.21 bits per heavy atom. The molecule has 28 heavy (non-hydrogen) atoms. The molecule has 0 radical (unpaired) electrons. The van der Waals surface area contributed by atoms with E-state index in [0.717, 1.165) is 12.0 Å². The number of rotatable bonds is 8. The molecule has 2 aromatic rings. The third kappa shape index (κ3) is 6.53. The highest BCUT2D eigenvalue weighted by atomic mass is 32.1. The molecule has 0 bridgehead atoms. The van der Waals surface area contributed by atoms with E-state index in [-0.39, 0.29) is 5.78 Å². The molecule has 0 aliphatic heterocycles. The molecule has 3 N–H and O–H groups in total. The molecule has 2 amide bonds. The number of Topliss-reactive ketones (excluding diaryl/α,β-unsaturated/α-hetero) is 1. The molecule has 1 atom stereocenters. The van der Waals surface area contributed by atoms with Crippen molar-refractivity contribution in [2.45, 2.75) is 57.4 Å². The van der Waals surface area contributed by atoms with E-state index in [2.05, 4.69) is 20.8 Å². The summed E-state index contributed by atoms with van der Waals surface area (Å²) >= 11 is 6.15. The Bertz CT molecular complexity index is 828. The standard InChI is InChI=1S/C20H26N4O2S2/c25-17(12-11-14-7-3-1-4-8-14)16(13-15-9-5-2-6-10-15)21-18(26)22-19-23-24-20(27)28-19/h2,5-6,9-10,14,16H,1,3-4,7-8,11-13H2,(H,24,27)(H2,21,22,23,26). The van der Waals surface area contributed by atoms with Gasteiger partial charge in [-0.15, -0.1) is 5.10 Å². The summed E-state index contributed by atoms with van der Waals surface area (Å²) in [6, 6.07) is 8.77. The molecule has 1 aliphatic rings. The average Bonchev–Trinajstić information content (AvgIpc) is 3.11. The molecule has 1 saturated carbocycles. The number of aromatic amines is 1. The van der Waals surface area contributed by atoms with E-state index in [1.165, 1.54) is 43.4 Å². The van der Waals surface area contributed by atoms with Gasteiger partial charge in [0.05, 0.1) is 6.04 Å². The van der Waals surface area contributed by atoms with Gasteiger partial charge in [-0.1, -0.05) is 73.8 Å². The summed E-state index contributed by atoms with van der Waals surface area (Å²) in [4.78, 5) is 25.3. The molecule has 1 heterocycles. The molecule has 0 saturated heterocycles. The zero-order valence-corrected chi connectivity index (χ0v) is 17.4. The van der Waals surface area contributed by atoms with Gasteiger partial charge in [0.2, 0.25) is 5.13 Å². The average molecular weight is 419 g/mol. The number of carbonyl (C=O) groups is 2. The van der Waals surface area contributed by atoms with Crippen LogP contribution in [0.2, 0.25) is 0 Å². The number of carbonyl (C=O) groups excluding carboxylic acids is 2. The molecule has 150 valence electrons. The minimum Gasteiger partial charge on any atom is -0.328 e. The lowest BCUT2D eigenvalue weighted by Gasteiger charge is -2.23. The molecule has 3 rings (SSSR count). The highest BCUT2D eigenvalue weighted by Crippen LogP contribution is 2.27. The number of benzene rings is 1. The van der Waals surface area contributed by atoms with Crippen LogP contribution in [-0.4, -0.2) is 28.1 Å². The van der Waals surface area contributed by atoms with Crippen molar-refractivity contribution >= 4 is 40.5 Å². The van der Waals surface area contributed by atoms with Gasteiger partial charge >= 0.3 is 6.03 Å². The lowest BCUT2D eigenvalue weighted by molar-refractivity contribution is -0.121. The smallest absolute Gasteiger partial charge is 0.321 e. The lowest BCUT2D eigenvalue weighted by Crippen LogP contribution is -2.44. The Kier molecular flexibility index (Phi) is 7.73. The van der Waals surface area contributed by atoms with Crippen molar-refractivity contribution in [2.24, 2.45) is 5.92 Å². The third-order valence-corrected chi connectivity index (χ3v) is 6.16. The second kappa shape index (κ2) is 10.5. The van der Waals surface area contributed by atoms with E-state index in [0.29, 0.717) is 27.8 Å². The fourth-order valence-corrected chi connectivity index (χ4v) is 4.45. The normalized spacial score (nSPS) is 15.7. The Hall–Kier alpha value is -2.06. The highest BCUT2D eigenvalue weighted by molar-refractivity contribution is 7.73. The van der Waals surface area contributed by atoms with Gasteiger partial charge in [-0.05, 0) is 36.5 Å². The number of hydrogen-bond donors (Lipinski definition) is 3. The summed E-state index contributed by atoms with van der Waals surface area (Å²) < 4.78 is 0.486. The van der Waals surface area contributed by atoms with Gasteiger partial charge in [-0.25, -0.2) is 4.79 Å². The zero-order valence-electron chi connectivity index (χ0n) is 15.8. The van der Waals surface area contributed by atoms with E-state index >= 15 is 0 Å². The molecular formula is C20H26N4O2S2. The van der Waals surface area contributed by atoms with Crippen molar-refractivity contribution in [3.8, 4) is 0 Å². The van der Waals surface area contributed by atoms with E-state index < -0.39 is 12.1 Å². The molecule has 6 nitrogen and oxygen atoms in total. The number of amides is 2. The van der Waals surface area contributed by atoms with Gasteiger partial charge in [-0.3, -0.25) is 15.2 Å². The summed E-state index contributed by atoms with van der Waals surface area (Å²) in [5.41, 5.74) is 1.02. The predicted molar refractivity (Wildman–Crippen MR) is 114 cm³/mol. The fraction of sp³-hybridized carbons (Fsp3) is 0.500. The van der Waals surface area contributed by atoms with Crippen LogP contribution in [0.1, 0.15) is 50.5 Å². The highest BCUT2D eigenvalue weighted by Gasteiger charge is 2.23. The number of nitrogens with zero attached hydrogens (tertiary/aromatic N) is 1. The summed E-state index contributed by atoms with van der Waals surface area (Å²) in [7, 11) is 0. The van der Waals surface area contributed by atoms with Crippen LogP contribution >= 0.6 is 23.6 Å². The van der Waals surface area contributed by atoms with Crippen molar-refractivity contribution in [1.29, 1.82) is 0 Å². The Labute approximate surface area is 174 Å². The molecule has 1 fully saturated rings. The predicted octanol–water partition coefficient (Wildman–Crippen LogP) is 4.86. The number of hydrogen-bond acceptors (Lipinski definition) is 5. The SMILES string of the molecule is O=C(Nc1n[nH]c(=S)s1)NC(Cc1ccccc1)C(=O)CCC1CCCCC1. The number of urea groups is 1. The van der Waals surface area contributed by atoms with Crippen LogP contribution in [0.5, 0.6) is 0 Å². The first-order valence-corrected chi connectivity index (χ1v) is 11.0. The van der Waals surface area contributed by atoms with Crippen LogP contribution in [0, 0.1) is 9.87 Å². The minimum atomic E-state index is -0.557. The number of anilines is 1. The first-order valence-electron chi connectivity index (χ1n) is 9.80. The maximum Gasteiger partial charge on any atom is 0.321 e. The van der Waals surface area contributed by atoms with E-state index in [4.69, 9.17) is 12.2 Å². The number of nitrogens with one attached hydrogen (secondary N) is 3. The topological polar surface area (TPSA) is 86.9 Å². The molecule has 1 aromatic heterocycles. The fourth-order valence-electron chi connectivity index (χ4n) is 3.67. The quantitative estimate of drug-likeness (QED) is 0.534. The Balaban J connectivity index is 1.60. The second-order valence-corrected chi connectivity index (χ2v) is 8.93. The van der Waals surface area contributed by atoms with Crippen LogP contribution in [0.3, 0.4) is 0 Å². The van der Waals surface area contributed by atoms with Crippen LogP contribution < -0.4 is 10.6 Å². The minimum absolute atomic E-state index is 0.0826. The summed E-state index contributed by atoms with van der Waals surface area (Å²) in [5, 5.41) is 12.4. The molecular weight excluding hydrogens is 392 g/mol. The molecule has 1 unspecified atom stereocenters. The van der Waals surface area contributed by atoms with E-state index in [9.17, 15) is 9.59 Å². The van der Waals surface area contributed by atoms with Gasteiger partial charge in [0.15, 0.2) is 9.74 Å². The monoisotopic (exact) mass is 418 g/mol. The first kappa shape index (κ1) is 20.7. The number of H-pyrrole nitrogens is 1. The maximum atomic E-state index is 12.9. The second-order valence-electron chi connectivity index (χ2n) is 7.27. The lowest BCUT2D eigenvalue weighted by atomic mass is 9.85. The van der Waals surface area contributed by atoms with Gasteiger partial charge in [0.25, 0.3) is 0 Å². The maximum absolute atomic E-state index is 12.9. The van der Waals surface area contributed by atoms with Gasteiger partial charge in [0, 0.05) is 6.42 Å². The molecule has 8 heteroatoms. The third-order valence-electron chi connectivity index (χ3n) is 5.16. The van der Waals surface area contributed by atoms with Gasteiger partial charge in [-0.2, -0.15) is 0 Å². The van der Waals surface area contributed by atoms with Crippen molar-refractivity contribution in [3.05, 3.63) is 39.8 Å². The first-order chi connectivity index (χ1) is 13.6. The van der Waals surface area contributed by atoms with Crippen LogP contribution in [0.4, 0.5) is 9.93 Å². The Morgan fingerprint density at radius 3 is 2.64 bits per heavy atom. The molecule has 1 aromatic carbocycles. The molecule has 0 spiro atoms. The van der Waals surface area contributed by atoms with Gasteiger partial charge < -0.3 is 5.32 Å². The summed E-state index contributed by atoms with van der Waals surface area (Å²) in [6.45, 7) is 0. The van der Waals surface area contributed by atoms with Crippen LogP contribution in [0.25, 0.3) is 0 Å². The van der Waals surface area contributed by atoms with Crippen LogP contribution in [0.15, 0.2) is 30.3 Å². The van der Waals surface area contributed by atoms with E-state index in [1.54, 1.807) is 0 Å². The number of aromatic nitrogens is 2. The van der Waals surface area contributed by atoms with E-state index in [1.807, 2.05) is 30.3 Å². The largest absolute Gasteiger partial charge is 0.328 e.